The van der Waals surface area contributed by atoms with Crippen molar-refractivity contribution in [1.29, 1.82) is 0 Å². The van der Waals surface area contributed by atoms with Gasteiger partial charge in [-0.3, -0.25) is 0 Å². The number of hydrogen-bond acceptors (Lipinski definition) is 5. The van der Waals surface area contributed by atoms with Crippen molar-refractivity contribution in [1.82, 2.24) is 4.72 Å². The highest BCUT2D eigenvalue weighted by Crippen LogP contribution is 1.88. The van der Waals surface area contributed by atoms with Crippen LogP contribution < -0.4 is 4.72 Å². The topological polar surface area (TPSA) is 81.7 Å². The monoisotopic (exact) mass is 217 g/mol. The third-order valence-corrected chi connectivity index (χ3v) is 1.64. The highest BCUT2D eigenvalue weighted by Gasteiger charge is 2.14. The van der Waals surface area contributed by atoms with Crippen LogP contribution in [0, 0.1) is 24.7 Å². The van der Waals surface area contributed by atoms with Crippen LogP contribution in [-0.4, -0.2) is 27.7 Å². The molecule has 6 nitrogen and oxygen atoms in total. The molecule has 0 atom stereocenters. The third kappa shape index (κ3) is 5.89. The van der Waals surface area contributed by atoms with Crippen molar-refractivity contribution >= 4 is 16.4 Å². The maximum atomic E-state index is 10.8. The predicted molar refractivity (Wildman–Crippen MR) is 47.0 cm³/mol. The minimum absolute atomic E-state index is 0.337. The van der Waals surface area contributed by atoms with Gasteiger partial charge in [0.2, 0.25) is 0 Å². The van der Waals surface area contributed by atoms with Crippen LogP contribution in [0.2, 0.25) is 0 Å². The Morgan fingerprint density at radius 3 is 2.36 bits per heavy atom. The molecular formula is C7H7NO5S. The van der Waals surface area contributed by atoms with E-state index in [0.29, 0.717) is 0 Å². The second-order valence-electron chi connectivity index (χ2n) is 1.80. The van der Waals surface area contributed by atoms with Crippen molar-refractivity contribution in [3.63, 3.8) is 0 Å². The number of rotatable bonds is 4. The zero-order chi connectivity index (χ0) is 11.0. The van der Waals surface area contributed by atoms with Gasteiger partial charge < -0.3 is 4.74 Å². The van der Waals surface area contributed by atoms with E-state index in [4.69, 9.17) is 12.8 Å². The molecule has 0 aromatic rings. The Labute approximate surface area is 81.8 Å². The molecule has 0 aliphatic rings. The molecule has 0 spiro atoms. The predicted octanol–water partition coefficient (Wildman–Crippen LogP) is -0.760. The van der Waals surface area contributed by atoms with Gasteiger partial charge in [-0.2, -0.15) is 13.1 Å². The number of carbonyl (C=O) groups excluding carboxylic acids is 1. The van der Waals surface area contributed by atoms with Crippen LogP contribution in [0.4, 0.5) is 4.79 Å². The number of hydrogen-bond donors (Lipinski definition) is 1. The zero-order valence-corrected chi connectivity index (χ0v) is 7.83. The summed E-state index contributed by atoms with van der Waals surface area (Å²) in [6, 6.07) is 0. The molecular weight excluding hydrogens is 210 g/mol. The number of amides is 1. The van der Waals surface area contributed by atoms with Crippen LogP contribution in [-0.2, 0) is 19.2 Å². The molecule has 1 amide bonds. The largest absolute Gasteiger partial charge is 0.436 e. The van der Waals surface area contributed by atoms with Crippen molar-refractivity contribution in [3.05, 3.63) is 0 Å². The average molecular weight is 217 g/mol. The van der Waals surface area contributed by atoms with E-state index in [1.54, 1.807) is 0 Å². The van der Waals surface area contributed by atoms with E-state index in [2.05, 4.69) is 8.92 Å². The van der Waals surface area contributed by atoms with Crippen molar-refractivity contribution in [2.24, 2.45) is 0 Å². The third-order valence-electron chi connectivity index (χ3n) is 0.792. The molecule has 0 unspecified atom stereocenters. The van der Waals surface area contributed by atoms with Crippen molar-refractivity contribution in [2.75, 3.05) is 13.2 Å². The Hall–Kier alpha value is -1.70. The highest BCUT2D eigenvalue weighted by atomic mass is 32.2. The molecule has 76 valence electrons. The number of ether oxygens (including phenoxy) is 1. The van der Waals surface area contributed by atoms with Gasteiger partial charge in [0, 0.05) is 0 Å². The van der Waals surface area contributed by atoms with Crippen molar-refractivity contribution in [3.8, 4) is 24.7 Å². The first-order valence-corrected chi connectivity index (χ1v) is 4.63. The maximum absolute atomic E-state index is 10.8. The second-order valence-corrected chi connectivity index (χ2v) is 3.15. The van der Waals surface area contributed by atoms with Gasteiger partial charge in [0.1, 0.15) is 6.61 Å². The molecule has 0 aromatic carbocycles. The summed E-state index contributed by atoms with van der Waals surface area (Å²) in [6.07, 6.45) is 8.27. The molecule has 1 N–H and O–H groups in total. The first kappa shape index (κ1) is 12.3. The first-order chi connectivity index (χ1) is 6.52. The molecule has 0 radical (unpaired) electrons. The van der Waals surface area contributed by atoms with Gasteiger partial charge in [-0.15, -0.1) is 12.8 Å². The summed E-state index contributed by atoms with van der Waals surface area (Å²) >= 11 is 0. The second kappa shape index (κ2) is 5.86. The summed E-state index contributed by atoms with van der Waals surface area (Å²) in [7, 11) is -4.21. The standard InChI is InChI=1S/C7H7NO5S/c1-3-5-12-7(9)8-14(10,11)13-6-4-2/h1-2H,5-6H2,(H,8,9). The lowest BCUT2D eigenvalue weighted by atomic mass is 10.8. The molecule has 0 saturated carbocycles. The van der Waals surface area contributed by atoms with E-state index >= 15 is 0 Å². The van der Waals surface area contributed by atoms with Gasteiger partial charge in [-0.05, 0) is 0 Å². The van der Waals surface area contributed by atoms with E-state index in [1.165, 1.54) is 4.72 Å². The van der Waals surface area contributed by atoms with Crippen molar-refractivity contribution in [2.45, 2.75) is 0 Å². The van der Waals surface area contributed by atoms with E-state index < -0.39 is 23.0 Å². The first-order valence-electron chi connectivity index (χ1n) is 3.22. The minimum Gasteiger partial charge on any atom is -0.436 e. The van der Waals surface area contributed by atoms with Crippen molar-refractivity contribution < 1.29 is 22.1 Å². The van der Waals surface area contributed by atoms with Crippen LogP contribution in [0.25, 0.3) is 0 Å². The van der Waals surface area contributed by atoms with Gasteiger partial charge in [-0.1, -0.05) is 11.8 Å². The Balaban J connectivity index is 4.05. The minimum atomic E-state index is -4.21. The fourth-order valence-corrected chi connectivity index (χ4v) is 0.925. The molecule has 0 fully saturated rings. The maximum Gasteiger partial charge on any atom is 0.423 e. The fourth-order valence-electron chi connectivity index (χ4n) is 0.380. The molecule has 0 heterocycles. The fraction of sp³-hybridized carbons (Fsp3) is 0.286. The molecule has 7 heteroatoms. The Kier molecular flexibility index (Phi) is 5.15. The van der Waals surface area contributed by atoms with Gasteiger partial charge in [0.25, 0.3) is 0 Å². The molecule has 0 aliphatic carbocycles. The van der Waals surface area contributed by atoms with E-state index in [-0.39, 0.29) is 6.61 Å². The lowest BCUT2D eigenvalue weighted by Gasteiger charge is -2.03. The zero-order valence-electron chi connectivity index (χ0n) is 7.02. The average Bonchev–Trinajstić information content (AvgIpc) is 2.11. The normalized spacial score (nSPS) is 9.57. The van der Waals surface area contributed by atoms with Crippen LogP contribution in [0.15, 0.2) is 0 Å². The summed E-state index contributed by atoms with van der Waals surface area (Å²) in [6.45, 7) is -0.811. The Morgan fingerprint density at radius 2 is 1.86 bits per heavy atom. The van der Waals surface area contributed by atoms with Crippen LogP contribution >= 0.6 is 0 Å². The molecule has 0 saturated heterocycles. The SMILES string of the molecule is C#CCOC(=O)NS(=O)(=O)OCC#C. The van der Waals surface area contributed by atoms with Gasteiger partial charge in [-0.25, -0.2) is 8.98 Å². The highest BCUT2D eigenvalue weighted by molar-refractivity contribution is 7.85. The van der Waals surface area contributed by atoms with E-state index in [0.717, 1.165) is 0 Å². The number of terminal acetylenes is 2. The quantitative estimate of drug-likeness (QED) is 0.626. The van der Waals surface area contributed by atoms with Gasteiger partial charge >= 0.3 is 16.4 Å². The number of carbonyl (C=O) groups is 1. The number of nitrogens with one attached hydrogen (secondary N) is 1. The smallest absolute Gasteiger partial charge is 0.423 e. The van der Waals surface area contributed by atoms with Crippen LogP contribution in [0.3, 0.4) is 0 Å². The summed E-state index contributed by atoms with van der Waals surface area (Å²) in [5.74, 6) is 3.89. The molecule has 0 aromatic heterocycles. The Morgan fingerprint density at radius 1 is 1.29 bits per heavy atom. The summed E-state index contributed by atoms with van der Waals surface area (Å²) in [4.78, 5) is 10.6. The summed E-state index contributed by atoms with van der Waals surface area (Å²) in [5, 5.41) is 0. The van der Waals surface area contributed by atoms with Crippen LogP contribution in [0.5, 0.6) is 0 Å². The van der Waals surface area contributed by atoms with E-state index in [9.17, 15) is 13.2 Å². The van der Waals surface area contributed by atoms with Gasteiger partial charge in [0.05, 0.1) is 0 Å². The van der Waals surface area contributed by atoms with Crippen LogP contribution in [0.1, 0.15) is 0 Å². The molecule has 0 rings (SSSR count). The Bertz CT molecular complexity index is 372. The summed E-state index contributed by atoms with van der Waals surface area (Å²) in [5.41, 5.74) is 0. The molecule has 14 heavy (non-hydrogen) atoms. The molecule has 0 aliphatic heterocycles. The lowest BCUT2D eigenvalue weighted by molar-refractivity contribution is 0.165. The van der Waals surface area contributed by atoms with E-state index in [1.807, 2.05) is 11.8 Å². The van der Waals surface area contributed by atoms with Gasteiger partial charge in [0.15, 0.2) is 6.61 Å². The summed E-state index contributed by atoms with van der Waals surface area (Å²) < 4.78 is 31.3. The lowest BCUT2D eigenvalue weighted by Crippen LogP contribution is -2.32. The molecule has 0 bridgehead atoms.